The van der Waals surface area contributed by atoms with Crippen molar-refractivity contribution in [1.29, 1.82) is 0 Å². The molecule has 1 unspecified atom stereocenters. The van der Waals surface area contributed by atoms with E-state index in [9.17, 15) is 14.9 Å². The Bertz CT molecular complexity index is 506. The fourth-order valence-corrected chi connectivity index (χ4v) is 2.11. The van der Waals surface area contributed by atoms with Crippen molar-refractivity contribution in [3.8, 4) is 0 Å². The maximum atomic E-state index is 12.2. The predicted octanol–water partition coefficient (Wildman–Crippen LogP) is 2.43. The molecule has 1 atom stereocenters. The number of nitro benzene ring substituents is 1. The van der Waals surface area contributed by atoms with Gasteiger partial charge in [-0.15, -0.1) is 12.4 Å². The minimum absolute atomic E-state index is 0. The normalized spacial score (nSPS) is 11.7. The molecule has 0 fully saturated rings. The molecule has 3 N–H and O–H groups in total. The number of hydrogen-bond donors (Lipinski definition) is 2. The van der Waals surface area contributed by atoms with Gasteiger partial charge in [0.1, 0.15) is 0 Å². The number of carbonyl (C=O) groups is 1. The fourth-order valence-electron chi connectivity index (χ4n) is 2.11. The summed E-state index contributed by atoms with van der Waals surface area (Å²) in [4.78, 5) is 22.6. The highest BCUT2D eigenvalue weighted by Gasteiger charge is 2.20. The third-order valence-corrected chi connectivity index (χ3v) is 3.12. The average molecular weight is 316 g/mol. The van der Waals surface area contributed by atoms with Gasteiger partial charge in [-0.3, -0.25) is 14.9 Å². The molecule has 1 aromatic carbocycles. The van der Waals surface area contributed by atoms with Gasteiger partial charge < -0.3 is 11.1 Å². The Kier molecular flexibility index (Phi) is 7.91. The van der Waals surface area contributed by atoms with Crippen LogP contribution in [0, 0.1) is 23.0 Å². The van der Waals surface area contributed by atoms with E-state index in [0.717, 1.165) is 6.42 Å². The van der Waals surface area contributed by atoms with E-state index in [1.165, 1.54) is 12.1 Å². The van der Waals surface area contributed by atoms with Gasteiger partial charge in [0.05, 0.1) is 4.92 Å². The molecule has 6 nitrogen and oxygen atoms in total. The molecular formula is C14H22ClN3O3. The van der Waals surface area contributed by atoms with Gasteiger partial charge in [0, 0.05) is 29.8 Å². The number of nitrogens with zero attached hydrogens (tertiary/aromatic N) is 1. The smallest absolute Gasteiger partial charge is 0.273 e. The molecule has 21 heavy (non-hydrogen) atoms. The van der Waals surface area contributed by atoms with Crippen molar-refractivity contribution >= 4 is 24.0 Å². The quantitative estimate of drug-likeness (QED) is 0.622. The summed E-state index contributed by atoms with van der Waals surface area (Å²) in [5.74, 6) is 0.0948. The van der Waals surface area contributed by atoms with Gasteiger partial charge in [-0.05, 0) is 25.3 Å². The second-order valence-electron chi connectivity index (χ2n) is 5.24. The molecule has 0 bridgehead atoms. The van der Waals surface area contributed by atoms with Crippen LogP contribution in [-0.4, -0.2) is 23.4 Å². The second-order valence-corrected chi connectivity index (χ2v) is 5.24. The Morgan fingerprint density at radius 2 is 2.05 bits per heavy atom. The third kappa shape index (κ3) is 5.32. The molecule has 0 heterocycles. The van der Waals surface area contributed by atoms with Crippen LogP contribution in [0.2, 0.25) is 0 Å². The van der Waals surface area contributed by atoms with E-state index in [4.69, 9.17) is 5.73 Å². The average Bonchev–Trinajstić information content (AvgIpc) is 2.37. The van der Waals surface area contributed by atoms with E-state index in [2.05, 4.69) is 5.32 Å². The summed E-state index contributed by atoms with van der Waals surface area (Å²) in [5.41, 5.74) is 6.28. The number of carbonyl (C=O) groups excluding carboxylic acids is 1. The van der Waals surface area contributed by atoms with Crippen molar-refractivity contribution in [3.63, 3.8) is 0 Å². The predicted molar refractivity (Wildman–Crippen MR) is 84.8 cm³/mol. The summed E-state index contributed by atoms with van der Waals surface area (Å²) in [7, 11) is 0. The lowest BCUT2D eigenvalue weighted by atomic mass is 10.0. The highest BCUT2D eigenvalue weighted by molar-refractivity contribution is 5.96. The number of nitrogens with one attached hydrogen (secondary N) is 1. The molecule has 0 aliphatic carbocycles. The van der Waals surface area contributed by atoms with Gasteiger partial charge in [-0.2, -0.15) is 0 Å². The number of nitrogens with two attached hydrogens (primary N) is 1. The van der Waals surface area contributed by atoms with Crippen molar-refractivity contribution in [1.82, 2.24) is 5.32 Å². The molecule has 0 aliphatic heterocycles. The summed E-state index contributed by atoms with van der Waals surface area (Å²) in [6.45, 7) is 6.02. The van der Waals surface area contributed by atoms with Gasteiger partial charge in [0.15, 0.2) is 0 Å². The number of amides is 1. The zero-order chi connectivity index (χ0) is 15.3. The zero-order valence-corrected chi connectivity index (χ0v) is 13.3. The van der Waals surface area contributed by atoms with E-state index < -0.39 is 4.92 Å². The minimum atomic E-state index is -0.485. The van der Waals surface area contributed by atoms with E-state index in [1.807, 2.05) is 13.8 Å². The SMILES string of the molecule is Cc1c(C(=O)NC(CN)CC(C)C)cccc1[N+](=O)[O-].Cl. The molecule has 0 saturated carbocycles. The first-order chi connectivity index (χ1) is 9.36. The molecule has 0 radical (unpaired) electrons. The second kappa shape index (κ2) is 8.59. The molecule has 0 aromatic heterocycles. The Balaban J connectivity index is 0.00000400. The molecule has 1 aromatic rings. The lowest BCUT2D eigenvalue weighted by molar-refractivity contribution is -0.385. The Labute approximate surface area is 130 Å². The standard InChI is InChI=1S/C14H21N3O3.ClH/c1-9(2)7-11(8-15)16-14(18)12-5-4-6-13(10(12)3)17(19)20;/h4-6,9,11H,7-8,15H2,1-3H3,(H,16,18);1H. The van der Waals surface area contributed by atoms with Gasteiger partial charge in [-0.1, -0.05) is 19.9 Å². The minimum Gasteiger partial charge on any atom is -0.348 e. The van der Waals surface area contributed by atoms with Gasteiger partial charge in [-0.25, -0.2) is 0 Å². The number of nitro groups is 1. The van der Waals surface area contributed by atoms with Crippen molar-refractivity contribution < 1.29 is 9.72 Å². The first-order valence-corrected chi connectivity index (χ1v) is 6.61. The molecule has 0 aliphatic rings. The molecule has 0 spiro atoms. The van der Waals surface area contributed by atoms with Crippen LogP contribution in [-0.2, 0) is 0 Å². The third-order valence-electron chi connectivity index (χ3n) is 3.12. The number of benzene rings is 1. The monoisotopic (exact) mass is 315 g/mol. The van der Waals surface area contributed by atoms with Crippen molar-refractivity contribution in [2.24, 2.45) is 11.7 Å². The zero-order valence-electron chi connectivity index (χ0n) is 12.5. The van der Waals surface area contributed by atoms with Crippen LogP contribution >= 0.6 is 12.4 Å². The van der Waals surface area contributed by atoms with E-state index >= 15 is 0 Å². The lowest BCUT2D eigenvalue weighted by Gasteiger charge is -2.19. The number of halogens is 1. The van der Waals surface area contributed by atoms with Crippen LogP contribution in [0.3, 0.4) is 0 Å². The summed E-state index contributed by atoms with van der Waals surface area (Å²) in [5, 5.41) is 13.7. The molecule has 118 valence electrons. The van der Waals surface area contributed by atoms with Crippen LogP contribution in [0.5, 0.6) is 0 Å². The van der Waals surface area contributed by atoms with Gasteiger partial charge in [0.25, 0.3) is 11.6 Å². The van der Waals surface area contributed by atoms with Crippen LogP contribution in [0.15, 0.2) is 18.2 Å². The highest BCUT2D eigenvalue weighted by atomic mass is 35.5. The highest BCUT2D eigenvalue weighted by Crippen LogP contribution is 2.21. The largest absolute Gasteiger partial charge is 0.348 e. The van der Waals surface area contributed by atoms with Crippen molar-refractivity contribution in [2.75, 3.05) is 6.54 Å². The summed E-state index contributed by atoms with van der Waals surface area (Å²) in [6, 6.07) is 4.36. The van der Waals surface area contributed by atoms with Gasteiger partial charge >= 0.3 is 0 Å². The van der Waals surface area contributed by atoms with E-state index in [1.54, 1.807) is 13.0 Å². The molecule has 0 saturated heterocycles. The molecule has 1 amide bonds. The van der Waals surface area contributed by atoms with Crippen LogP contribution in [0.1, 0.15) is 36.2 Å². The molecule has 7 heteroatoms. The number of rotatable bonds is 6. The summed E-state index contributed by atoms with van der Waals surface area (Å²) < 4.78 is 0. The molecule has 1 rings (SSSR count). The van der Waals surface area contributed by atoms with E-state index in [-0.39, 0.29) is 30.0 Å². The van der Waals surface area contributed by atoms with Crippen LogP contribution in [0.4, 0.5) is 5.69 Å². The maximum Gasteiger partial charge on any atom is 0.273 e. The Morgan fingerprint density at radius 3 is 2.52 bits per heavy atom. The molecular weight excluding hydrogens is 294 g/mol. The topological polar surface area (TPSA) is 98.3 Å². The van der Waals surface area contributed by atoms with Crippen molar-refractivity contribution in [2.45, 2.75) is 33.2 Å². The lowest BCUT2D eigenvalue weighted by Crippen LogP contribution is -2.41. The van der Waals surface area contributed by atoms with Crippen LogP contribution in [0.25, 0.3) is 0 Å². The Hall–Kier alpha value is -1.66. The van der Waals surface area contributed by atoms with Gasteiger partial charge in [0.2, 0.25) is 0 Å². The maximum absolute atomic E-state index is 12.2. The first-order valence-electron chi connectivity index (χ1n) is 6.61. The Morgan fingerprint density at radius 1 is 1.43 bits per heavy atom. The van der Waals surface area contributed by atoms with Crippen LogP contribution < -0.4 is 11.1 Å². The van der Waals surface area contributed by atoms with Crippen molar-refractivity contribution in [3.05, 3.63) is 39.4 Å². The summed E-state index contributed by atoms with van der Waals surface area (Å²) >= 11 is 0. The van der Waals surface area contributed by atoms with E-state index in [0.29, 0.717) is 23.6 Å². The first kappa shape index (κ1) is 19.3. The fraction of sp³-hybridized carbons (Fsp3) is 0.500. The number of hydrogen-bond acceptors (Lipinski definition) is 4. The summed E-state index contributed by atoms with van der Waals surface area (Å²) in [6.07, 6.45) is 0.774.